The second-order valence-corrected chi connectivity index (χ2v) is 4.96. The quantitative estimate of drug-likeness (QED) is 0.764. The Morgan fingerprint density at radius 3 is 3.12 bits per heavy atom. The van der Waals surface area contributed by atoms with Gasteiger partial charge in [0.2, 0.25) is 15.9 Å². The fraction of sp³-hybridized carbons (Fsp3) is 0.625. The molecule has 0 unspecified atom stereocenters. The van der Waals surface area contributed by atoms with Crippen molar-refractivity contribution >= 4 is 10.0 Å². The third-order valence-electron chi connectivity index (χ3n) is 2.25. The highest BCUT2D eigenvalue weighted by Crippen LogP contribution is 2.26. The molecule has 1 aliphatic heterocycles. The van der Waals surface area contributed by atoms with E-state index in [1.807, 2.05) is 6.92 Å². The molecule has 8 heteroatoms. The minimum atomic E-state index is -3.78. The third-order valence-corrected chi connectivity index (χ3v) is 3.14. The van der Waals surface area contributed by atoms with Crippen LogP contribution in [0.2, 0.25) is 0 Å². The normalized spacial score (nSPS) is 20.2. The van der Waals surface area contributed by atoms with E-state index < -0.39 is 10.0 Å². The van der Waals surface area contributed by atoms with Crippen LogP contribution >= 0.6 is 0 Å². The van der Waals surface area contributed by atoms with Gasteiger partial charge in [-0.25, -0.2) is 18.2 Å². The molecule has 2 N–H and O–H groups in total. The Kier molecular flexibility index (Phi) is 2.87. The monoisotopic (exact) mass is 247 g/mol. The standard InChI is InChI=1S/C8H13N3O4S/c1-2-14-6-4-11-8(15-5-6)7(3-10-11)16(9,12)13/h3,6H,2,4-5H2,1H3,(H2,9,12,13)/t6-/m0/s1. The first-order valence-corrected chi connectivity index (χ1v) is 6.40. The molecule has 90 valence electrons. The Balaban J connectivity index is 2.27. The van der Waals surface area contributed by atoms with Gasteiger partial charge in [0.25, 0.3) is 0 Å². The first kappa shape index (κ1) is 11.4. The molecule has 1 aromatic heterocycles. The first-order valence-electron chi connectivity index (χ1n) is 4.85. The van der Waals surface area contributed by atoms with Gasteiger partial charge >= 0.3 is 0 Å². The molecule has 0 fully saturated rings. The second kappa shape index (κ2) is 4.04. The number of aromatic nitrogens is 2. The van der Waals surface area contributed by atoms with E-state index in [9.17, 15) is 8.42 Å². The summed E-state index contributed by atoms with van der Waals surface area (Å²) in [5, 5.41) is 8.93. The average Bonchev–Trinajstić information content (AvgIpc) is 2.60. The molecule has 0 spiro atoms. The van der Waals surface area contributed by atoms with Gasteiger partial charge in [0, 0.05) is 6.61 Å². The maximum atomic E-state index is 11.2. The van der Waals surface area contributed by atoms with Crippen molar-refractivity contribution in [3.05, 3.63) is 6.20 Å². The smallest absolute Gasteiger partial charge is 0.245 e. The molecule has 1 aromatic rings. The molecule has 7 nitrogen and oxygen atoms in total. The number of sulfonamides is 1. The molecule has 1 aliphatic rings. The third kappa shape index (κ3) is 2.04. The van der Waals surface area contributed by atoms with Crippen molar-refractivity contribution in [2.75, 3.05) is 13.2 Å². The molecule has 2 rings (SSSR count). The molecule has 0 aliphatic carbocycles. The number of rotatable bonds is 3. The van der Waals surface area contributed by atoms with E-state index in [4.69, 9.17) is 14.6 Å². The Morgan fingerprint density at radius 2 is 2.50 bits per heavy atom. The van der Waals surface area contributed by atoms with Crippen LogP contribution in [0.25, 0.3) is 0 Å². The summed E-state index contributed by atoms with van der Waals surface area (Å²) in [6, 6.07) is 0. The summed E-state index contributed by atoms with van der Waals surface area (Å²) in [6.45, 7) is 3.24. The van der Waals surface area contributed by atoms with Crippen LogP contribution < -0.4 is 9.88 Å². The number of nitrogens with two attached hydrogens (primary N) is 1. The summed E-state index contributed by atoms with van der Waals surface area (Å²) in [6.07, 6.45) is 1.09. The van der Waals surface area contributed by atoms with E-state index in [2.05, 4.69) is 5.10 Å². The number of nitrogens with zero attached hydrogens (tertiary/aromatic N) is 2. The molecule has 0 saturated heterocycles. The van der Waals surface area contributed by atoms with Gasteiger partial charge in [-0.3, -0.25) is 0 Å². The van der Waals surface area contributed by atoms with Crippen LogP contribution in [0.1, 0.15) is 6.92 Å². The van der Waals surface area contributed by atoms with Gasteiger partial charge in [0.15, 0.2) is 4.90 Å². The van der Waals surface area contributed by atoms with Crippen LogP contribution in [0, 0.1) is 0 Å². The molecule has 1 atom stereocenters. The minimum absolute atomic E-state index is 0.0811. The van der Waals surface area contributed by atoms with E-state index in [-0.39, 0.29) is 16.9 Å². The zero-order valence-electron chi connectivity index (χ0n) is 8.79. The molecule has 0 bridgehead atoms. The maximum Gasteiger partial charge on any atom is 0.245 e. The molecule has 0 saturated carbocycles. The molecule has 16 heavy (non-hydrogen) atoms. The lowest BCUT2D eigenvalue weighted by molar-refractivity contribution is -0.00760. The van der Waals surface area contributed by atoms with E-state index in [1.165, 1.54) is 10.9 Å². The summed E-state index contributed by atoms with van der Waals surface area (Å²) in [7, 11) is -3.78. The van der Waals surface area contributed by atoms with E-state index >= 15 is 0 Å². The van der Waals surface area contributed by atoms with E-state index in [0.29, 0.717) is 19.8 Å². The summed E-state index contributed by atoms with van der Waals surface area (Å²) in [5.41, 5.74) is 0. The maximum absolute atomic E-state index is 11.2. The predicted octanol–water partition coefficient (Wildman–Crippen LogP) is -0.672. The molecule has 2 heterocycles. The van der Waals surface area contributed by atoms with Crippen LogP contribution in [0.3, 0.4) is 0 Å². The van der Waals surface area contributed by atoms with Crippen molar-refractivity contribution in [2.24, 2.45) is 5.14 Å². The second-order valence-electron chi connectivity index (χ2n) is 3.43. The van der Waals surface area contributed by atoms with Crippen molar-refractivity contribution in [3.63, 3.8) is 0 Å². The van der Waals surface area contributed by atoms with Gasteiger partial charge < -0.3 is 9.47 Å². The summed E-state index contributed by atoms with van der Waals surface area (Å²) in [4.78, 5) is -0.0811. The van der Waals surface area contributed by atoms with Crippen molar-refractivity contribution in [2.45, 2.75) is 24.5 Å². The van der Waals surface area contributed by atoms with E-state index in [0.717, 1.165) is 0 Å². The first-order chi connectivity index (χ1) is 7.52. The average molecular weight is 247 g/mol. The Hall–Kier alpha value is -1.12. The topological polar surface area (TPSA) is 96.4 Å². The lowest BCUT2D eigenvalue weighted by Crippen LogP contribution is -2.33. The number of hydrogen-bond donors (Lipinski definition) is 1. The van der Waals surface area contributed by atoms with Crippen molar-refractivity contribution in [3.8, 4) is 5.88 Å². The van der Waals surface area contributed by atoms with Crippen LogP contribution in [0.15, 0.2) is 11.1 Å². The van der Waals surface area contributed by atoms with Gasteiger partial charge in [-0.1, -0.05) is 0 Å². The molecule has 0 radical (unpaired) electrons. The minimum Gasteiger partial charge on any atom is -0.474 e. The SMILES string of the molecule is CCO[C@@H]1COc2c(S(N)(=O)=O)cnn2C1. The lowest BCUT2D eigenvalue weighted by atomic mass is 10.3. The highest BCUT2D eigenvalue weighted by Gasteiger charge is 2.27. The van der Waals surface area contributed by atoms with Crippen LogP contribution in [0.4, 0.5) is 0 Å². The van der Waals surface area contributed by atoms with Crippen molar-refractivity contribution < 1.29 is 17.9 Å². The number of primary sulfonamides is 1. The number of hydrogen-bond acceptors (Lipinski definition) is 5. The highest BCUT2D eigenvalue weighted by molar-refractivity contribution is 7.89. The molecule has 0 amide bonds. The van der Waals surface area contributed by atoms with Crippen molar-refractivity contribution in [1.82, 2.24) is 9.78 Å². The van der Waals surface area contributed by atoms with Gasteiger partial charge in [-0.2, -0.15) is 5.10 Å². The Bertz CT molecular complexity index is 481. The number of fused-ring (bicyclic) bond motifs is 1. The Morgan fingerprint density at radius 1 is 1.75 bits per heavy atom. The van der Waals surface area contributed by atoms with Crippen LogP contribution in [0.5, 0.6) is 5.88 Å². The fourth-order valence-electron chi connectivity index (χ4n) is 1.58. The van der Waals surface area contributed by atoms with Crippen LogP contribution in [-0.2, 0) is 21.3 Å². The number of ether oxygens (including phenoxy) is 2. The molecular weight excluding hydrogens is 234 g/mol. The largest absolute Gasteiger partial charge is 0.474 e. The van der Waals surface area contributed by atoms with Gasteiger partial charge in [0.05, 0.1) is 12.7 Å². The van der Waals surface area contributed by atoms with Gasteiger partial charge in [-0.05, 0) is 6.92 Å². The zero-order chi connectivity index (χ0) is 11.8. The van der Waals surface area contributed by atoms with E-state index in [1.54, 1.807) is 0 Å². The Labute approximate surface area is 93.2 Å². The summed E-state index contributed by atoms with van der Waals surface area (Å²) >= 11 is 0. The molecular formula is C8H13N3O4S. The summed E-state index contributed by atoms with van der Waals surface area (Å²) < 4.78 is 34.5. The zero-order valence-corrected chi connectivity index (χ0v) is 9.61. The van der Waals surface area contributed by atoms with Crippen molar-refractivity contribution in [1.29, 1.82) is 0 Å². The summed E-state index contributed by atoms with van der Waals surface area (Å²) in [5.74, 6) is 0.193. The predicted molar refractivity (Wildman–Crippen MR) is 54.5 cm³/mol. The van der Waals surface area contributed by atoms with Crippen LogP contribution in [-0.4, -0.2) is 37.5 Å². The van der Waals surface area contributed by atoms with Gasteiger partial charge in [0.1, 0.15) is 12.7 Å². The molecule has 0 aromatic carbocycles. The lowest BCUT2D eigenvalue weighted by Gasteiger charge is -2.24. The van der Waals surface area contributed by atoms with Gasteiger partial charge in [-0.15, -0.1) is 0 Å². The fourth-order valence-corrected chi connectivity index (χ4v) is 2.18. The highest BCUT2D eigenvalue weighted by atomic mass is 32.2.